The Hall–Kier alpha value is -3.26. The van der Waals surface area contributed by atoms with Crippen LogP contribution in [0.4, 0.5) is 5.69 Å². The third-order valence-electron chi connectivity index (χ3n) is 5.70. The van der Waals surface area contributed by atoms with Crippen molar-refractivity contribution in [3.05, 3.63) is 70.9 Å². The number of hydrogen-bond acceptors (Lipinski definition) is 7. The Morgan fingerprint density at radius 2 is 1.97 bits per heavy atom. The Morgan fingerprint density at radius 1 is 1.18 bits per heavy atom. The Kier molecular flexibility index (Phi) is 7.03. The van der Waals surface area contributed by atoms with E-state index in [9.17, 15) is 9.59 Å². The van der Waals surface area contributed by atoms with Gasteiger partial charge in [0, 0.05) is 23.5 Å². The monoisotopic (exact) mass is 465 g/mol. The minimum atomic E-state index is -0.356. The van der Waals surface area contributed by atoms with Crippen LogP contribution in [0.2, 0.25) is 0 Å². The van der Waals surface area contributed by atoms with Gasteiger partial charge in [-0.15, -0.1) is 0 Å². The Morgan fingerprint density at radius 3 is 2.67 bits per heavy atom. The van der Waals surface area contributed by atoms with E-state index in [2.05, 4.69) is 10.2 Å². The van der Waals surface area contributed by atoms with Gasteiger partial charge in [-0.2, -0.15) is 0 Å². The molecule has 8 heteroatoms. The number of ether oxygens (including phenoxy) is 2. The quantitative estimate of drug-likeness (QED) is 0.627. The smallest absolute Gasteiger partial charge is 0.338 e. The van der Waals surface area contributed by atoms with Gasteiger partial charge in [-0.1, -0.05) is 36.9 Å². The highest BCUT2D eigenvalue weighted by Crippen LogP contribution is 2.40. The van der Waals surface area contributed by atoms with Crippen LogP contribution in [0, 0.1) is 0 Å². The van der Waals surface area contributed by atoms with Gasteiger partial charge in [0.1, 0.15) is 5.75 Å². The number of amides is 1. The summed E-state index contributed by atoms with van der Waals surface area (Å²) in [7, 11) is 2.97. The van der Waals surface area contributed by atoms with Crippen molar-refractivity contribution in [3.63, 3.8) is 0 Å². The summed E-state index contributed by atoms with van der Waals surface area (Å²) in [6.07, 6.45) is 1.66. The number of allylic oxidation sites excluding steroid dienone is 1. The summed E-state index contributed by atoms with van der Waals surface area (Å²) in [5, 5.41) is 3.87. The number of nitrogens with zero attached hydrogens (tertiary/aromatic N) is 2. The zero-order chi connectivity index (χ0) is 23.4. The third kappa shape index (κ3) is 4.75. The molecule has 1 amide bonds. The molecule has 1 fully saturated rings. The predicted molar refractivity (Wildman–Crippen MR) is 131 cm³/mol. The molecule has 1 unspecified atom stereocenters. The number of esters is 1. The first-order valence-corrected chi connectivity index (χ1v) is 11.9. The number of rotatable bonds is 6. The third-order valence-corrected chi connectivity index (χ3v) is 6.78. The molecule has 0 spiro atoms. The number of thioether (sulfide) groups is 1. The summed E-state index contributed by atoms with van der Waals surface area (Å²) in [5.41, 5.74) is 3.49. The SMILES string of the molecule is CCC1=C(C(=O)OC)C(c2ccc(NC(=O)c3cccc(OC)c3)cc2)N2CCCSC2=N1. The molecule has 2 aromatic carbocycles. The summed E-state index contributed by atoms with van der Waals surface area (Å²) < 4.78 is 10.3. The average molecular weight is 466 g/mol. The summed E-state index contributed by atoms with van der Waals surface area (Å²) in [6, 6.07) is 14.4. The molecule has 0 radical (unpaired) electrons. The van der Waals surface area contributed by atoms with Crippen molar-refractivity contribution in [3.8, 4) is 5.75 Å². The van der Waals surface area contributed by atoms with Crippen LogP contribution in [-0.4, -0.2) is 48.5 Å². The molecular weight excluding hydrogens is 438 g/mol. The van der Waals surface area contributed by atoms with Gasteiger partial charge < -0.3 is 19.7 Å². The Balaban J connectivity index is 1.62. The van der Waals surface area contributed by atoms with Crippen molar-refractivity contribution >= 4 is 34.5 Å². The number of methoxy groups -OCH3 is 2. The topological polar surface area (TPSA) is 80.2 Å². The molecule has 2 aliphatic heterocycles. The first-order valence-electron chi connectivity index (χ1n) is 10.9. The fourth-order valence-electron chi connectivity index (χ4n) is 4.07. The number of carbonyl (C=O) groups excluding carboxylic acids is 2. The summed E-state index contributed by atoms with van der Waals surface area (Å²) in [4.78, 5) is 32.4. The lowest BCUT2D eigenvalue weighted by Gasteiger charge is -2.40. The maximum atomic E-state index is 12.8. The van der Waals surface area contributed by atoms with Crippen LogP contribution in [0.15, 0.2) is 64.8 Å². The molecule has 2 heterocycles. The van der Waals surface area contributed by atoms with Crippen LogP contribution in [-0.2, 0) is 9.53 Å². The van der Waals surface area contributed by atoms with Gasteiger partial charge in [0.2, 0.25) is 0 Å². The number of hydrogen-bond donors (Lipinski definition) is 1. The highest BCUT2D eigenvalue weighted by Gasteiger charge is 2.38. The summed E-state index contributed by atoms with van der Waals surface area (Å²) in [6.45, 7) is 2.82. The maximum Gasteiger partial charge on any atom is 0.338 e. The lowest BCUT2D eigenvalue weighted by Crippen LogP contribution is -2.42. The normalized spacial score (nSPS) is 17.7. The molecule has 0 aliphatic carbocycles. The van der Waals surface area contributed by atoms with Gasteiger partial charge in [0.15, 0.2) is 5.17 Å². The second-order valence-electron chi connectivity index (χ2n) is 7.71. The Labute approximate surface area is 197 Å². The van der Waals surface area contributed by atoms with E-state index in [-0.39, 0.29) is 17.9 Å². The van der Waals surface area contributed by atoms with Crippen molar-refractivity contribution in [2.75, 3.05) is 31.8 Å². The van der Waals surface area contributed by atoms with Crippen molar-refractivity contribution in [1.29, 1.82) is 0 Å². The molecule has 1 N–H and O–H groups in total. The van der Waals surface area contributed by atoms with Crippen LogP contribution in [0.3, 0.4) is 0 Å². The first kappa shape index (κ1) is 22.9. The number of aliphatic imine (C=N–C) groups is 1. The lowest BCUT2D eigenvalue weighted by molar-refractivity contribution is -0.136. The van der Waals surface area contributed by atoms with E-state index < -0.39 is 0 Å². The number of nitrogens with one attached hydrogen (secondary N) is 1. The van der Waals surface area contributed by atoms with E-state index >= 15 is 0 Å². The molecule has 172 valence electrons. The zero-order valence-electron chi connectivity index (χ0n) is 19.0. The minimum absolute atomic E-state index is 0.218. The number of carbonyl (C=O) groups is 2. The second-order valence-corrected chi connectivity index (χ2v) is 8.77. The minimum Gasteiger partial charge on any atom is -0.497 e. The van der Waals surface area contributed by atoms with E-state index in [1.165, 1.54) is 7.11 Å². The van der Waals surface area contributed by atoms with E-state index in [0.29, 0.717) is 29.0 Å². The molecule has 2 aliphatic rings. The molecular formula is C25H27N3O4S. The van der Waals surface area contributed by atoms with Gasteiger partial charge in [0.05, 0.1) is 31.5 Å². The predicted octanol–water partition coefficient (Wildman–Crippen LogP) is 4.63. The number of fused-ring (bicyclic) bond motifs is 1. The fraction of sp³-hybridized carbons (Fsp3) is 0.320. The van der Waals surface area contributed by atoms with E-state index in [1.54, 1.807) is 43.1 Å². The van der Waals surface area contributed by atoms with E-state index in [1.807, 2.05) is 31.2 Å². The van der Waals surface area contributed by atoms with Gasteiger partial charge >= 0.3 is 5.97 Å². The van der Waals surface area contributed by atoms with Crippen LogP contribution in [0.1, 0.15) is 41.7 Å². The maximum absolute atomic E-state index is 12.8. The molecule has 0 saturated carbocycles. The van der Waals surface area contributed by atoms with Crippen LogP contribution in [0.5, 0.6) is 5.75 Å². The standard InChI is InChI=1S/C25H27N3O4S/c1-4-20-21(24(30)32-3)22(28-13-6-14-33-25(28)27-20)16-9-11-18(12-10-16)26-23(29)17-7-5-8-19(15-17)31-2/h5,7-12,15,22H,4,6,13-14H2,1-3H3,(H,26,29). The Bertz CT molecular complexity index is 1110. The zero-order valence-corrected chi connectivity index (χ0v) is 19.8. The number of amidine groups is 1. The van der Waals surface area contributed by atoms with Crippen molar-refractivity contribution < 1.29 is 19.1 Å². The van der Waals surface area contributed by atoms with Crippen molar-refractivity contribution in [1.82, 2.24) is 4.90 Å². The molecule has 0 bridgehead atoms. The van der Waals surface area contributed by atoms with Crippen LogP contribution < -0.4 is 10.1 Å². The molecule has 33 heavy (non-hydrogen) atoms. The van der Waals surface area contributed by atoms with Crippen LogP contribution in [0.25, 0.3) is 0 Å². The molecule has 4 rings (SSSR count). The molecule has 0 aromatic heterocycles. The van der Waals surface area contributed by atoms with Crippen molar-refractivity contribution in [2.45, 2.75) is 25.8 Å². The molecule has 1 atom stereocenters. The van der Waals surface area contributed by atoms with Gasteiger partial charge in [-0.3, -0.25) is 4.79 Å². The lowest BCUT2D eigenvalue weighted by atomic mass is 9.93. The van der Waals surface area contributed by atoms with Gasteiger partial charge in [-0.25, -0.2) is 9.79 Å². The summed E-state index contributed by atoms with van der Waals surface area (Å²) in [5.74, 6) is 1.07. The van der Waals surface area contributed by atoms with Crippen LogP contribution >= 0.6 is 11.8 Å². The number of anilines is 1. The highest BCUT2D eigenvalue weighted by atomic mass is 32.2. The first-order chi connectivity index (χ1) is 16.0. The van der Waals surface area contributed by atoms with E-state index in [0.717, 1.165) is 35.1 Å². The molecule has 7 nitrogen and oxygen atoms in total. The molecule has 2 aromatic rings. The highest BCUT2D eigenvalue weighted by molar-refractivity contribution is 8.13. The fourth-order valence-corrected chi connectivity index (χ4v) is 5.07. The van der Waals surface area contributed by atoms with Gasteiger partial charge in [0.25, 0.3) is 5.91 Å². The number of benzene rings is 2. The molecule has 1 saturated heterocycles. The largest absolute Gasteiger partial charge is 0.497 e. The second kappa shape index (κ2) is 10.1. The average Bonchev–Trinajstić information content (AvgIpc) is 2.87. The van der Waals surface area contributed by atoms with E-state index in [4.69, 9.17) is 14.5 Å². The van der Waals surface area contributed by atoms with Crippen molar-refractivity contribution in [2.24, 2.45) is 4.99 Å². The van der Waals surface area contributed by atoms with Gasteiger partial charge in [-0.05, 0) is 48.7 Å². The summed E-state index contributed by atoms with van der Waals surface area (Å²) >= 11 is 1.72.